The van der Waals surface area contributed by atoms with E-state index in [0.717, 1.165) is 34.1 Å². The minimum Gasteiger partial charge on any atom is -0.460 e. The molecule has 3 aromatic rings. The van der Waals surface area contributed by atoms with Gasteiger partial charge in [-0.1, -0.05) is 6.92 Å². The lowest BCUT2D eigenvalue weighted by Gasteiger charge is -2.26. The third-order valence-electron chi connectivity index (χ3n) is 7.24. The molecule has 0 bridgehead atoms. The van der Waals surface area contributed by atoms with Crippen LogP contribution in [0, 0.1) is 12.7 Å². The van der Waals surface area contributed by atoms with Gasteiger partial charge >= 0.3 is 5.97 Å². The zero-order chi connectivity index (χ0) is 23.6. The number of halogens is 1. The number of nitrogens with two attached hydrogens (primary N) is 1. The van der Waals surface area contributed by atoms with Crippen molar-refractivity contribution in [3.05, 3.63) is 61.7 Å². The van der Waals surface area contributed by atoms with Gasteiger partial charge in [-0.15, -0.1) is 0 Å². The first-order valence-corrected chi connectivity index (χ1v) is 12.1. The number of thiol groups is 1. The minimum absolute atomic E-state index is 0.00352. The highest BCUT2D eigenvalue weighted by atomic mass is 32.1. The van der Waals surface area contributed by atoms with Gasteiger partial charge in [0.05, 0.1) is 34.9 Å². The number of carbonyl (C=O) groups excluding carboxylic acids is 1. The number of aromatic nitrogens is 2. The Hall–Kier alpha value is -2.71. The van der Waals surface area contributed by atoms with Gasteiger partial charge in [0, 0.05) is 23.1 Å². The van der Waals surface area contributed by atoms with Crippen molar-refractivity contribution in [3.63, 3.8) is 0 Å². The van der Waals surface area contributed by atoms with Gasteiger partial charge in [0.1, 0.15) is 12.4 Å². The van der Waals surface area contributed by atoms with E-state index in [-0.39, 0.29) is 30.0 Å². The number of aryl methyl sites for hydroxylation is 1. The standard InChI is InChI=1S/C24H22FN3O3.CH4S/c1-3-11-13-6-19-22-14(8-28(19)23(29)15(13)9-31-24(11)30)20-17(26)5-4-12-10(2)16(25)7-18(27-22)21(12)20;1-2/h6-7,11,17H,3-5,8-9,26H2,1-2H3;2H,1H3. The normalized spacial score (nSPS) is 19.9. The summed E-state index contributed by atoms with van der Waals surface area (Å²) in [6, 6.07) is 3.19. The van der Waals surface area contributed by atoms with Crippen LogP contribution in [0.1, 0.15) is 65.1 Å². The van der Waals surface area contributed by atoms with Gasteiger partial charge in [0.2, 0.25) is 0 Å². The number of ether oxygens (including phenoxy) is 1. The zero-order valence-corrected chi connectivity index (χ0v) is 19.8. The highest BCUT2D eigenvalue weighted by Crippen LogP contribution is 2.44. The molecule has 0 radical (unpaired) electrons. The first-order valence-electron chi connectivity index (χ1n) is 11.2. The second-order valence-corrected chi connectivity index (χ2v) is 8.78. The number of pyridine rings is 2. The lowest BCUT2D eigenvalue weighted by Crippen LogP contribution is -2.32. The summed E-state index contributed by atoms with van der Waals surface area (Å²) in [6.07, 6.45) is 3.69. The molecule has 1 aromatic carbocycles. The predicted molar refractivity (Wildman–Crippen MR) is 128 cm³/mol. The molecule has 8 heteroatoms. The van der Waals surface area contributed by atoms with E-state index in [1.807, 2.05) is 13.0 Å². The number of benzene rings is 1. The number of carbonyl (C=O) groups is 1. The van der Waals surface area contributed by atoms with Crippen LogP contribution in [0.25, 0.3) is 22.3 Å². The molecule has 0 saturated heterocycles. The van der Waals surface area contributed by atoms with Crippen LogP contribution in [0.3, 0.4) is 0 Å². The highest BCUT2D eigenvalue weighted by Gasteiger charge is 2.36. The fourth-order valence-corrected chi connectivity index (χ4v) is 5.61. The van der Waals surface area contributed by atoms with Crippen molar-refractivity contribution in [2.45, 2.75) is 58.2 Å². The molecule has 0 amide bonds. The molecule has 2 unspecified atom stereocenters. The number of hydrogen-bond donors (Lipinski definition) is 2. The van der Waals surface area contributed by atoms with Crippen molar-refractivity contribution >= 4 is 29.5 Å². The van der Waals surface area contributed by atoms with E-state index in [4.69, 9.17) is 15.5 Å². The van der Waals surface area contributed by atoms with Gasteiger partial charge in [0.25, 0.3) is 5.56 Å². The molecule has 1 aliphatic carbocycles. The Bertz CT molecular complexity index is 1400. The number of cyclic esters (lactones) is 1. The Balaban J connectivity index is 0.00000111. The minimum atomic E-state index is -0.459. The highest BCUT2D eigenvalue weighted by molar-refractivity contribution is 7.79. The Morgan fingerprint density at radius 1 is 1.24 bits per heavy atom. The molecule has 6 rings (SSSR count). The maximum absolute atomic E-state index is 14.6. The number of hydrogen-bond acceptors (Lipinski definition) is 6. The summed E-state index contributed by atoms with van der Waals surface area (Å²) >= 11 is 3.53. The molecule has 2 aliphatic heterocycles. The van der Waals surface area contributed by atoms with Crippen LogP contribution in [0.15, 0.2) is 16.9 Å². The van der Waals surface area contributed by atoms with Gasteiger partial charge < -0.3 is 15.0 Å². The Labute approximate surface area is 196 Å². The first-order chi connectivity index (χ1) is 15.9. The Morgan fingerprint density at radius 3 is 2.73 bits per heavy atom. The smallest absolute Gasteiger partial charge is 0.313 e. The largest absolute Gasteiger partial charge is 0.460 e. The maximum Gasteiger partial charge on any atom is 0.313 e. The fourth-order valence-electron chi connectivity index (χ4n) is 5.61. The number of rotatable bonds is 1. The van der Waals surface area contributed by atoms with Crippen molar-refractivity contribution in [2.24, 2.45) is 5.73 Å². The summed E-state index contributed by atoms with van der Waals surface area (Å²) in [4.78, 5) is 30.5. The Kier molecular flexibility index (Phi) is 5.33. The van der Waals surface area contributed by atoms with Gasteiger partial charge in [-0.2, -0.15) is 12.6 Å². The molecular formula is C25H26FN3O3S. The molecule has 0 fully saturated rings. The van der Waals surface area contributed by atoms with E-state index in [0.29, 0.717) is 47.4 Å². The third-order valence-corrected chi connectivity index (χ3v) is 7.24. The van der Waals surface area contributed by atoms with Gasteiger partial charge in [0.15, 0.2) is 0 Å². The van der Waals surface area contributed by atoms with Crippen molar-refractivity contribution in [1.29, 1.82) is 0 Å². The molecule has 0 saturated carbocycles. The van der Waals surface area contributed by atoms with E-state index in [2.05, 4.69) is 12.6 Å². The molecule has 2 N–H and O–H groups in total. The monoisotopic (exact) mass is 467 g/mol. The van der Waals surface area contributed by atoms with E-state index in [9.17, 15) is 14.0 Å². The molecule has 2 atom stereocenters. The topological polar surface area (TPSA) is 87.2 Å². The molecule has 2 aromatic heterocycles. The summed E-state index contributed by atoms with van der Waals surface area (Å²) in [6.45, 7) is 4.08. The molecule has 0 spiro atoms. The summed E-state index contributed by atoms with van der Waals surface area (Å²) in [5.74, 6) is -1.03. The SMILES string of the molecule is CCC1C(=O)OCc2c1cc1n(c2=O)Cc2c-1nc1cc(F)c(C)c3c1c2C(N)CC3.CS. The fraction of sp³-hybridized carbons (Fsp3) is 0.400. The summed E-state index contributed by atoms with van der Waals surface area (Å²) in [5, 5.41) is 0.937. The number of fused-ring (bicyclic) bond motifs is 5. The average molecular weight is 468 g/mol. The van der Waals surface area contributed by atoms with Gasteiger partial charge in [-0.05, 0) is 60.8 Å². The summed E-state index contributed by atoms with van der Waals surface area (Å²) < 4.78 is 21.6. The van der Waals surface area contributed by atoms with E-state index < -0.39 is 5.92 Å². The van der Waals surface area contributed by atoms with Crippen LogP contribution >= 0.6 is 12.6 Å². The van der Waals surface area contributed by atoms with Crippen LogP contribution in [0.5, 0.6) is 0 Å². The lowest BCUT2D eigenvalue weighted by atomic mass is 9.82. The second kappa shape index (κ2) is 7.95. The molecule has 33 heavy (non-hydrogen) atoms. The number of esters is 1. The van der Waals surface area contributed by atoms with Crippen molar-refractivity contribution < 1.29 is 13.9 Å². The van der Waals surface area contributed by atoms with Crippen LogP contribution in [-0.4, -0.2) is 21.8 Å². The van der Waals surface area contributed by atoms with E-state index in [1.54, 1.807) is 17.7 Å². The molecule has 4 heterocycles. The summed E-state index contributed by atoms with van der Waals surface area (Å²) in [7, 11) is 0. The quantitative estimate of drug-likeness (QED) is 0.327. The van der Waals surface area contributed by atoms with Gasteiger partial charge in [-0.3, -0.25) is 9.59 Å². The predicted octanol–water partition coefficient (Wildman–Crippen LogP) is 3.92. The van der Waals surface area contributed by atoms with Crippen molar-refractivity contribution in [2.75, 3.05) is 6.26 Å². The molecule has 6 nitrogen and oxygen atoms in total. The van der Waals surface area contributed by atoms with E-state index in [1.165, 1.54) is 6.07 Å². The molecular weight excluding hydrogens is 441 g/mol. The van der Waals surface area contributed by atoms with E-state index >= 15 is 0 Å². The summed E-state index contributed by atoms with van der Waals surface area (Å²) in [5.41, 5.74) is 13.1. The third kappa shape index (κ3) is 3.00. The second-order valence-electron chi connectivity index (χ2n) is 8.78. The van der Waals surface area contributed by atoms with Crippen LogP contribution < -0.4 is 11.3 Å². The van der Waals surface area contributed by atoms with Crippen LogP contribution in [0.2, 0.25) is 0 Å². The molecule has 3 aliphatic rings. The number of nitrogens with zero attached hydrogens (tertiary/aromatic N) is 2. The average Bonchev–Trinajstić information content (AvgIpc) is 3.18. The van der Waals surface area contributed by atoms with Gasteiger partial charge in [-0.25, -0.2) is 9.37 Å². The van der Waals surface area contributed by atoms with Crippen molar-refractivity contribution in [3.8, 4) is 11.4 Å². The van der Waals surface area contributed by atoms with Crippen LogP contribution in [-0.2, 0) is 29.1 Å². The Morgan fingerprint density at radius 2 is 2.00 bits per heavy atom. The van der Waals surface area contributed by atoms with Crippen molar-refractivity contribution in [1.82, 2.24) is 9.55 Å². The lowest BCUT2D eigenvalue weighted by molar-refractivity contribution is -0.148. The first kappa shape index (κ1) is 22.1. The zero-order valence-electron chi connectivity index (χ0n) is 18.9. The maximum atomic E-state index is 14.6. The van der Waals surface area contributed by atoms with Crippen LogP contribution in [0.4, 0.5) is 4.39 Å². The molecule has 172 valence electrons.